The van der Waals surface area contributed by atoms with Gasteiger partial charge in [-0.25, -0.2) is 4.98 Å². The summed E-state index contributed by atoms with van der Waals surface area (Å²) in [6.45, 7) is 3.46. The lowest BCUT2D eigenvalue weighted by atomic mass is 10.3. The molecule has 21 heavy (non-hydrogen) atoms. The van der Waals surface area contributed by atoms with Crippen molar-refractivity contribution in [3.05, 3.63) is 39.8 Å². The first-order valence-corrected chi connectivity index (χ1v) is 8.02. The van der Waals surface area contributed by atoms with Gasteiger partial charge in [0, 0.05) is 17.5 Å². The predicted octanol–water partition coefficient (Wildman–Crippen LogP) is 3.29. The third kappa shape index (κ3) is 3.74. The Morgan fingerprint density at radius 1 is 1.29 bits per heavy atom. The number of hydrogen-bond acceptors (Lipinski definition) is 5. The molecule has 1 aliphatic carbocycles. The Labute approximate surface area is 129 Å². The van der Waals surface area contributed by atoms with Crippen LogP contribution < -0.4 is 14.8 Å². The van der Waals surface area contributed by atoms with Crippen molar-refractivity contribution >= 4 is 11.3 Å². The number of methoxy groups -OCH3 is 1. The fraction of sp³-hybridized carbons (Fsp3) is 0.438. The molecule has 1 N–H and O–H groups in total. The highest BCUT2D eigenvalue weighted by Crippen LogP contribution is 2.28. The third-order valence-electron chi connectivity index (χ3n) is 3.49. The van der Waals surface area contributed by atoms with E-state index < -0.39 is 0 Å². The van der Waals surface area contributed by atoms with Crippen molar-refractivity contribution in [2.24, 2.45) is 0 Å². The van der Waals surface area contributed by atoms with E-state index in [0.717, 1.165) is 34.8 Å². The summed E-state index contributed by atoms with van der Waals surface area (Å²) < 4.78 is 11.1. The van der Waals surface area contributed by atoms with Gasteiger partial charge in [-0.05, 0) is 31.9 Å². The van der Waals surface area contributed by atoms with Crippen molar-refractivity contribution in [3.8, 4) is 11.5 Å². The Bertz CT molecular complexity index is 608. The van der Waals surface area contributed by atoms with Crippen molar-refractivity contribution in [2.45, 2.75) is 39.0 Å². The zero-order chi connectivity index (χ0) is 14.7. The zero-order valence-electron chi connectivity index (χ0n) is 12.4. The standard InChI is InChI=1S/C16H20N2O2S/c1-11-15(9-17-12-7-8-12)21-16(18-11)10-20-14-6-4-3-5-13(14)19-2/h3-6,12,17H,7-10H2,1-2H3. The van der Waals surface area contributed by atoms with Gasteiger partial charge in [0.15, 0.2) is 11.5 Å². The maximum absolute atomic E-state index is 5.82. The van der Waals surface area contributed by atoms with E-state index in [2.05, 4.69) is 17.2 Å². The largest absolute Gasteiger partial charge is 0.493 e. The highest BCUT2D eigenvalue weighted by molar-refractivity contribution is 7.11. The smallest absolute Gasteiger partial charge is 0.161 e. The van der Waals surface area contributed by atoms with Crippen LogP contribution in [-0.2, 0) is 13.2 Å². The summed E-state index contributed by atoms with van der Waals surface area (Å²) in [4.78, 5) is 5.90. The second kappa shape index (κ2) is 6.45. The summed E-state index contributed by atoms with van der Waals surface area (Å²) in [5.41, 5.74) is 1.10. The summed E-state index contributed by atoms with van der Waals surface area (Å²) in [6, 6.07) is 8.40. The Kier molecular flexibility index (Phi) is 4.41. The summed E-state index contributed by atoms with van der Waals surface area (Å²) in [5, 5.41) is 4.53. The van der Waals surface area contributed by atoms with Crippen molar-refractivity contribution < 1.29 is 9.47 Å². The molecular weight excluding hydrogens is 284 g/mol. The number of aryl methyl sites for hydroxylation is 1. The SMILES string of the molecule is COc1ccccc1OCc1nc(C)c(CNC2CC2)s1. The molecule has 1 aromatic carbocycles. The lowest BCUT2D eigenvalue weighted by Crippen LogP contribution is -2.14. The number of ether oxygens (including phenoxy) is 2. The Balaban J connectivity index is 1.60. The second-order valence-electron chi connectivity index (χ2n) is 5.21. The van der Waals surface area contributed by atoms with E-state index in [1.165, 1.54) is 17.7 Å². The first-order chi connectivity index (χ1) is 10.3. The number of nitrogens with zero attached hydrogens (tertiary/aromatic N) is 1. The number of benzene rings is 1. The fourth-order valence-corrected chi connectivity index (χ4v) is 3.05. The molecule has 112 valence electrons. The molecule has 1 saturated carbocycles. The van der Waals surface area contributed by atoms with Gasteiger partial charge in [-0.1, -0.05) is 12.1 Å². The van der Waals surface area contributed by atoms with Gasteiger partial charge in [-0.2, -0.15) is 0 Å². The molecule has 1 aromatic heterocycles. The molecule has 0 bridgehead atoms. The summed E-state index contributed by atoms with van der Waals surface area (Å²) in [7, 11) is 1.65. The van der Waals surface area contributed by atoms with Crippen LogP contribution in [0, 0.1) is 6.92 Å². The number of para-hydroxylation sites is 2. The normalized spacial score (nSPS) is 14.2. The van der Waals surface area contributed by atoms with Crippen LogP contribution in [0.3, 0.4) is 0 Å². The monoisotopic (exact) mass is 304 g/mol. The van der Waals surface area contributed by atoms with Crippen LogP contribution in [-0.4, -0.2) is 18.1 Å². The quantitative estimate of drug-likeness (QED) is 0.852. The zero-order valence-corrected chi connectivity index (χ0v) is 13.2. The van der Waals surface area contributed by atoms with Gasteiger partial charge in [0.1, 0.15) is 11.6 Å². The van der Waals surface area contributed by atoms with Crippen LogP contribution in [0.1, 0.15) is 28.4 Å². The first-order valence-electron chi connectivity index (χ1n) is 7.20. The molecule has 3 rings (SSSR count). The Hall–Kier alpha value is -1.59. The van der Waals surface area contributed by atoms with E-state index in [9.17, 15) is 0 Å². The lowest BCUT2D eigenvalue weighted by molar-refractivity contribution is 0.284. The van der Waals surface area contributed by atoms with E-state index in [0.29, 0.717) is 6.61 Å². The van der Waals surface area contributed by atoms with Gasteiger partial charge in [0.05, 0.1) is 12.8 Å². The fourth-order valence-electron chi connectivity index (χ4n) is 2.12. The van der Waals surface area contributed by atoms with Gasteiger partial charge in [-0.3, -0.25) is 0 Å². The van der Waals surface area contributed by atoms with Crippen LogP contribution in [0.4, 0.5) is 0 Å². The number of rotatable bonds is 7. The molecule has 4 nitrogen and oxygen atoms in total. The van der Waals surface area contributed by atoms with Crippen molar-refractivity contribution in [3.63, 3.8) is 0 Å². The molecule has 0 spiro atoms. The van der Waals surface area contributed by atoms with Crippen molar-refractivity contribution in [2.75, 3.05) is 7.11 Å². The van der Waals surface area contributed by atoms with Crippen LogP contribution in [0.25, 0.3) is 0 Å². The van der Waals surface area contributed by atoms with Crippen molar-refractivity contribution in [1.82, 2.24) is 10.3 Å². The van der Waals surface area contributed by atoms with E-state index in [1.54, 1.807) is 18.4 Å². The van der Waals surface area contributed by atoms with Gasteiger partial charge in [0.25, 0.3) is 0 Å². The van der Waals surface area contributed by atoms with E-state index in [1.807, 2.05) is 24.3 Å². The maximum Gasteiger partial charge on any atom is 0.161 e. The predicted molar refractivity (Wildman–Crippen MR) is 84.0 cm³/mol. The number of aromatic nitrogens is 1. The maximum atomic E-state index is 5.82. The molecule has 5 heteroatoms. The van der Waals surface area contributed by atoms with E-state index >= 15 is 0 Å². The topological polar surface area (TPSA) is 43.4 Å². The summed E-state index contributed by atoms with van der Waals surface area (Å²) in [5.74, 6) is 1.51. The molecule has 0 radical (unpaired) electrons. The first kappa shape index (κ1) is 14.4. The molecule has 1 fully saturated rings. The average molecular weight is 304 g/mol. The third-order valence-corrected chi connectivity index (χ3v) is 4.62. The van der Waals surface area contributed by atoms with Crippen LogP contribution >= 0.6 is 11.3 Å². The van der Waals surface area contributed by atoms with E-state index in [-0.39, 0.29) is 0 Å². The number of hydrogen-bond donors (Lipinski definition) is 1. The molecule has 0 aliphatic heterocycles. The molecule has 2 aromatic rings. The number of thiazole rings is 1. The van der Waals surface area contributed by atoms with Gasteiger partial charge in [-0.15, -0.1) is 11.3 Å². The highest BCUT2D eigenvalue weighted by Gasteiger charge is 2.21. The summed E-state index contributed by atoms with van der Waals surface area (Å²) in [6.07, 6.45) is 2.61. The van der Waals surface area contributed by atoms with Crippen molar-refractivity contribution in [1.29, 1.82) is 0 Å². The lowest BCUT2D eigenvalue weighted by Gasteiger charge is -2.08. The highest BCUT2D eigenvalue weighted by atomic mass is 32.1. The van der Waals surface area contributed by atoms with Crippen LogP contribution in [0.5, 0.6) is 11.5 Å². The molecule has 0 unspecified atom stereocenters. The minimum atomic E-state index is 0.481. The molecule has 0 atom stereocenters. The molecule has 0 amide bonds. The van der Waals surface area contributed by atoms with E-state index in [4.69, 9.17) is 9.47 Å². The Morgan fingerprint density at radius 2 is 2.05 bits per heavy atom. The minimum Gasteiger partial charge on any atom is -0.493 e. The molecule has 0 saturated heterocycles. The second-order valence-corrected chi connectivity index (χ2v) is 6.38. The van der Waals surface area contributed by atoms with Crippen LogP contribution in [0.2, 0.25) is 0 Å². The van der Waals surface area contributed by atoms with Crippen LogP contribution in [0.15, 0.2) is 24.3 Å². The molecule has 1 aliphatic rings. The Morgan fingerprint density at radius 3 is 2.76 bits per heavy atom. The minimum absolute atomic E-state index is 0.481. The molecule has 1 heterocycles. The summed E-state index contributed by atoms with van der Waals surface area (Å²) >= 11 is 1.72. The van der Waals surface area contributed by atoms with Gasteiger partial charge >= 0.3 is 0 Å². The van der Waals surface area contributed by atoms with Gasteiger partial charge < -0.3 is 14.8 Å². The number of nitrogens with one attached hydrogen (secondary N) is 1. The van der Waals surface area contributed by atoms with Gasteiger partial charge in [0.2, 0.25) is 0 Å². The molecular formula is C16H20N2O2S. The average Bonchev–Trinajstić information content (AvgIpc) is 3.27.